The molecule has 1 aliphatic heterocycles. The molecule has 0 aromatic heterocycles. The summed E-state index contributed by atoms with van der Waals surface area (Å²) in [5.41, 5.74) is 0.958. The van der Waals surface area contributed by atoms with Crippen molar-refractivity contribution >= 4 is 41.5 Å². The highest BCUT2D eigenvalue weighted by atomic mass is 35.5. The summed E-state index contributed by atoms with van der Waals surface area (Å²) < 4.78 is 5.50. The zero-order valence-electron chi connectivity index (χ0n) is 12.5. The normalized spacial score (nSPS) is 17.1. The van der Waals surface area contributed by atoms with Gasteiger partial charge in [-0.3, -0.25) is 4.79 Å². The number of carbonyl (C=O) groups is 1. The van der Waals surface area contributed by atoms with Crippen molar-refractivity contribution in [1.29, 1.82) is 0 Å². The van der Waals surface area contributed by atoms with Crippen LogP contribution in [0.15, 0.2) is 18.2 Å². The molecule has 0 aliphatic carbocycles. The Bertz CT molecular complexity index is 494. The molecule has 0 radical (unpaired) electrons. The van der Waals surface area contributed by atoms with Gasteiger partial charge in [0, 0.05) is 26.7 Å². The molecule has 1 aromatic rings. The lowest BCUT2D eigenvalue weighted by Crippen LogP contribution is -2.38. The van der Waals surface area contributed by atoms with E-state index in [1.165, 1.54) is 0 Å². The average molecular weight is 368 g/mol. The van der Waals surface area contributed by atoms with E-state index in [0.717, 1.165) is 31.6 Å². The van der Waals surface area contributed by atoms with Crippen LogP contribution in [-0.2, 0) is 16.1 Å². The lowest BCUT2D eigenvalue weighted by atomic mass is 10.2. The number of nitrogens with zero attached hydrogens (tertiary/aromatic N) is 1. The maximum absolute atomic E-state index is 12.0. The van der Waals surface area contributed by atoms with Gasteiger partial charge in [0.15, 0.2) is 0 Å². The van der Waals surface area contributed by atoms with Crippen LogP contribution in [0, 0.1) is 0 Å². The van der Waals surface area contributed by atoms with Crippen LogP contribution >= 0.6 is 35.6 Å². The van der Waals surface area contributed by atoms with Crippen molar-refractivity contribution in [2.24, 2.45) is 0 Å². The molecular weight excluding hydrogens is 347 g/mol. The van der Waals surface area contributed by atoms with E-state index < -0.39 is 0 Å². The number of carbonyl (C=O) groups excluding carboxylic acids is 1. The minimum atomic E-state index is 0. The summed E-state index contributed by atoms with van der Waals surface area (Å²) in [5.74, 6) is 0.0408. The lowest BCUT2D eigenvalue weighted by molar-refractivity contribution is -0.129. The minimum absolute atomic E-state index is 0. The maximum Gasteiger partial charge on any atom is 0.236 e. The molecule has 1 atom stereocenters. The molecule has 1 N–H and O–H groups in total. The number of hydrogen-bond acceptors (Lipinski definition) is 3. The summed E-state index contributed by atoms with van der Waals surface area (Å²) in [6.07, 6.45) is 2.43. The van der Waals surface area contributed by atoms with E-state index in [-0.39, 0.29) is 24.4 Å². The highest BCUT2D eigenvalue weighted by Gasteiger charge is 2.16. The number of likely N-dealkylation sites (N-methyl/N-ethyl adjacent to an activating group) is 1. The third-order valence-electron chi connectivity index (χ3n) is 3.50. The SMILES string of the molecule is CN(Cc1ccc(Cl)c(Cl)c1)C(=O)CNCC1CCCO1.Cl. The van der Waals surface area contributed by atoms with Crippen molar-refractivity contribution < 1.29 is 9.53 Å². The highest BCUT2D eigenvalue weighted by Crippen LogP contribution is 2.23. The fraction of sp³-hybridized carbons (Fsp3) is 0.533. The first-order chi connectivity index (χ1) is 10.1. The monoisotopic (exact) mass is 366 g/mol. The molecule has 124 valence electrons. The van der Waals surface area contributed by atoms with Crippen molar-refractivity contribution in [3.8, 4) is 0 Å². The maximum atomic E-state index is 12.0. The molecular formula is C15H21Cl3N2O2. The quantitative estimate of drug-likeness (QED) is 0.840. The molecule has 1 aromatic carbocycles. The van der Waals surface area contributed by atoms with Gasteiger partial charge < -0.3 is 15.0 Å². The molecule has 0 spiro atoms. The predicted octanol–water partition coefficient (Wildman–Crippen LogP) is 3.14. The van der Waals surface area contributed by atoms with Crippen LogP contribution in [0.25, 0.3) is 0 Å². The average Bonchev–Trinajstić information content (AvgIpc) is 2.96. The van der Waals surface area contributed by atoms with Gasteiger partial charge >= 0.3 is 0 Å². The molecule has 1 amide bonds. The van der Waals surface area contributed by atoms with Crippen LogP contribution in [0.1, 0.15) is 18.4 Å². The number of hydrogen-bond donors (Lipinski definition) is 1. The highest BCUT2D eigenvalue weighted by molar-refractivity contribution is 6.42. The molecule has 1 saturated heterocycles. The smallest absolute Gasteiger partial charge is 0.236 e. The summed E-state index contributed by atoms with van der Waals surface area (Å²) >= 11 is 11.8. The molecule has 4 nitrogen and oxygen atoms in total. The Morgan fingerprint density at radius 3 is 2.82 bits per heavy atom. The van der Waals surface area contributed by atoms with Crippen LogP contribution in [-0.4, -0.2) is 43.7 Å². The Labute approximate surface area is 147 Å². The van der Waals surface area contributed by atoms with E-state index in [0.29, 0.717) is 23.1 Å². The summed E-state index contributed by atoms with van der Waals surface area (Å²) in [4.78, 5) is 13.7. The number of halogens is 3. The second-order valence-corrected chi connectivity index (χ2v) is 6.08. The Kier molecular flexibility index (Phi) is 8.50. The summed E-state index contributed by atoms with van der Waals surface area (Å²) in [5, 5.41) is 4.18. The van der Waals surface area contributed by atoms with Crippen molar-refractivity contribution in [2.45, 2.75) is 25.5 Å². The first-order valence-electron chi connectivity index (χ1n) is 7.06. The number of rotatable bonds is 6. The van der Waals surface area contributed by atoms with E-state index in [1.807, 2.05) is 6.07 Å². The van der Waals surface area contributed by atoms with Crippen molar-refractivity contribution in [3.63, 3.8) is 0 Å². The fourth-order valence-corrected chi connectivity index (χ4v) is 2.60. The fourth-order valence-electron chi connectivity index (χ4n) is 2.28. The lowest BCUT2D eigenvalue weighted by Gasteiger charge is -2.18. The second kappa shape index (κ2) is 9.58. The molecule has 7 heteroatoms. The zero-order chi connectivity index (χ0) is 15.2. The van der Waals surface area contributed by atoms with Crippen molar-refractivity contribution in [2.75, 3.05) is 26.7 Å². The Balaban J connectivity index is 0.00000242. The predicted molar refractivity (Wildman–Crippen MR) is 92.0 cm³/mol. The Morgan fingerprint density at radius 2 is 2.18 bits per heavy atom. The molecule has 1 heterocycles. The van der Waals surface area contributed by atoms with Crippen LogP contribution in [0.3, 0.4) is 0 Å². The summed E-state index contributed by atoms with van der Waals surface area (Å²) in [6.45, 7) is 2.39. The van der Waals surface area contributed by atoms with Crippen LogP contribution in [0.5, 0.6) is 0 Å². The van der Waals surface area contributed by atoms with Crippen molar-refractivity contribution in [3.05, 3.63) is 33.8 Å². The van der Waals surface area contributed by atoms with E-state index in [9.17, 15) is 4.79 Å². The molecule has 22 heavy (non-hydrogen) atoms. The van der Waals surface area contributed by atoms with Gasteiger partial charge in [0.1, 0.15) is 0 Å². The number of amides is 1. The zero-order valence-corrected chi connectivity index (χ0v) is 14.8. The third-order valence-corrected chi connectivity index (χ3v) is 4.24. The first-order valence-corrected chi connectivity index (χ1v) is 7.82. The molecule has 1 fully saturated rings. The van der Waals surface area contributed by atoms with Crippen LogP contribution in [0.4, 0.5) is 0 Å². The van der Waals surface area contributed by atoms with Crippen LogP contribution in [0.2, 0.25) is 10.0 Å². The topological polar surface area (TPSA) is 41.6 Å². The van der Waals surface area contributed by atoms with E-state index in [2.05, 4.69) is 5.32 Å². The summed E-state index contributed by atoms with van der Waals surface area (Å²) in [7, 11) is 1.78. The van der Waals surface area contributed by atoms with E-state index in [4.69, 9.17) is 27.9 Å². The van der Waals surface area contributed by atoms with E-state index >= 15 is 0 Å². The minimum Gasteiger partial charge on any atom is -0.377 e. The van der Waals surface area contributed by atoms with Gasteiger partial charge in [0.2, 0.25) is 5.91 Å². The third kappa shape index (κ3) is 5.94. The molecule has 1 aliphatic rings. The van der Waals surface area contributed by atoms with Crippen LogP contribution < -0.4 is 5.32 Å². The van der Waals surface area contributed by atoms with Crippen molar-refractivity contribution in [1.82, 2.24) is 10.2 Å². The molecule has 2 rings (SSSR count). The number of ether oxygens (including phenoxy) is 1. The first kappa shape index (κ1) is 19.5. The number of benzene rings is 1. The Hall–Kier alpha value is -0.520. The van der Waals surface area contributed by atoms with Gasteiger partial charge in [-0.1, -0.05) is 29.3 Å². The second-order valence-electron chi connectivity index (χ2n) is 5.26. The summed E-state index contributed by atoms with van der Waals surface area (Å²) in [6, 6.07) is 5.40. The largest absolute Gasteiger partial charge is 0.377 e. The van der Waals surface area contributed by atoms with Gasteiger partial charge in [-0.15, -0.1) is 12.4 Å². The molecule has 0 saturated carbocycles. The van der Waals surface area contributed by atoms with Gasteiger partial charge in [-0.05, 0) is 30.5 Å². The van der Waals surface area contributed by atoms with Gasteiger partial charge in [-0.2, -0.15) is 0 Å². The van der Waals surface area contributed by atoms with Gasteiger partial charge in [0.25, 0.3) is 0 Å². The standard InChI is InChI=1S/C15H20Cl2N2O2.ClH/c1-19(10-11-4-5-13(16)14(17)7-11)15(20)9-18-8-12-3-2-6-21-12;/h4-5,7,12,18H,2-3,6,8-10H2,1H3;1H. The number of nitrogens with one attached hydrogen (secondary N) is 1. The van der Waals surface area contributed by atoms with Gasteiger partial charge in [0.05, 0.1) is 22.7 Å². The van der Waals surface area contributed by atoms with E-state index in [1.54, 1.807) is 24.1 Å². The molecule has 0 bridgehead atoms. The van der Waals surface area contributed by atoms with Gasteiger partial charge in [-0.25, -0.2) is 0 Å². The Morgan fingerprint density at radius 1 is 1.41 bits per heavy atom. The molecule has 1 unspecified atom stereocenters.